The zero-order chi connectivity index (χ0) is 20.1. The van der Waals surface area contributed by atoms with Crippen molar-refractivity contribution in [1.82, 2.24) is 19.7 Å². The second-order valence-corrected chi connectivity index (χ2v) is 7.13. The maximum absolute atomic E-state index is 13.8. The van der Waals surface area contributed by atoms with Crippen molar-refractivity contribution in [3.8, 4) is 11.4 Å². The van der Waals surface area contributed by atoms with Crippen molar-refractivity contribution in [1.29, 1.82) is 0 Å². The minimum absolute atomic E-state index is 0.0811. The summed E-state index contributed by atoms with van der Waals surface area (Å²) in [6.45, 7) is 5.86. The van der Waals surface area contributed by atoms with Gasteiger partial charge < -0.3 is 5.32 Å². The van der Waals surface area contributed by atoms with E-state index in [4.69, 9.17) is 0 Å². The molecule has 3 rings (SSSR count). The summed E-state index contributed by atoms with van der Waals surface area (Å²) in [7, 11) is 0. The van der Waals surface area contributed by atoms with E-state index in [1.165, 1.54) is 17.8 Å². The summed E-state index contributed by atoms with van der Waals surface area (Å²) in [5, 5.41) is 10.7. The van der Waals surface area contributed by atoms with Gasteiger partial charge in [-0.3, -0.25) is 14.3 Å². The number of anilines is 1. The molecule has 0 radical (unpaired) electrons. The number of rotatable bonds is 7. The van der Waals surface area contributed by atoms with E-state index in [0.717, 1.165) is 11.6 Å². The van der Waals surface area contributed by atoms with Crippen molar-refractivity contribution < 1.29 is 13.6 Å². The number of halogens is 2. The van der Waals surface area contributed by atoms with E-state index in [1.807, 2.05) is 10.6 Å². The van der Waals surface area contributed by atoms with Gasteiger partial charge in [0.25, 0.3) is 0 Å². The fourth-order valence-electron chi connectivity index (χ4n) is 2.41. The molecule has 1 aromatic carbocycles. The molecule has 0 aliphatic heterocycles. The average molecular weight is 401 g/mol. The highest BCUT2D eigenvalue weighted by Gasteiger charge is 2.21. The van der Waals surface area contributed by atoms with Gasteiger partial charge in [0.05, 0.1) is 10.9 Å². The number of hydrogen-bond donors (Lipinski definition) is 1. The van der Waals surface area contributed by atoms with E-state index in [-0.39, 0.29) is 5.69 Å². The number of pyridine rings is 1. The zero-order valence-corrected chi connectivity index (χ0v) is 15.8. The van der Waals surface area contributed by atoms with Crippen molar-refractivity contribution in [3.05, 3.63) is 67.0 Å². The third-order valence-corrected chi connectivity index (χ3v) is 4.87. The Labute approximate surface area is 164 Å². The van der Waals surface area contributed by atoms with Crippen LogP contribution in [-0.4, -0.2) is 30.9 Å². The Bertz CT molecular complexity index is 993. The van der Waals surface area contributed by atoms with Gasteiger partial charge in [0.2, 0.25) is 5.91 Å². The van der Waals surface area contributed by atoms with Gasteiger partial charge >= 0.3 is 0 Å². The lowest BCUT2D eigenvalue weighted by atomic mass is 10.3. The molecule has 0 saturated heterocycles. The highest BCUT2D eigenvalue weighted by molar-refractivity contribution is 8.00. The number of hydrogen-bond acceptors (Lipinski definition) is 5. The first-order chi connectivity index (χ1) is 13.5. The molecule has 6 nitrogen and oxygen atoms in total. The summed E-state index contributed by atoms with van der Waals surface area (Å²) >= 11 is 1.17. The van der Waals surface area contributed by atoms with Crippen molar-refractivity contribution in [3.63, 3.8) is 0 Å². The molecule has 2 aromatic heterocycles. The summed E-state index contributed by atoms with van der Waals surface area (Å²) in [6.07, 6.45) is 5.03. The second-order valence-electron chi connectivity index (χ2n) is 5.82. The van der Waals surface area contributed by atoms with Crippen LogP contribution in [0.1, 0.15) is 6.92 Å². The van der Waals surface area contributed by atoms with Crippen LogP contribution in [0.25, 0.3) is 11.4 Å². The highest BCUT2D eigenvalue weighted by atomic mass is 32.2. The Morgan fingerprint density at radius 1 is 1.36 bits per heavy atom. The van der Waals surface area contributed by atoms with E-state index >= 15 is 0 Å². The minimum Gasteiger partial charge on any atom is -0.323 e. The fraction of sp³-hybridized carbons (Fsp3) is 0.158. The van der Waals surface area contributed by atoms with Gasteiger partial charge in [-0.05, 0) is 31.2 Å². The first-order valence-corrected chi connectivity index (χ1v) is 9.24. The lowest BCUT2D eigenvalue weighted by molar-refractivity contribution is -0.115. The Hall–Kier alpha value is -3.07. The first kappa shape index (κ1) is 19.7. The van der Waals surface area contributed by atoms with Crippen molar-refractivity contribution in [2.45, 2.75) is 23.9 Å². The van der Waals surface area contributed by atoms with Crippen LogP contribution in [0.2, 0.25) is 0 Å². The standard InChI is InChI=1S/C19H17F2N5OS/c1-3-9-26-17(13-5-4-8-22-11-13)24-25-19(26)28-12(2)18(27)23-16-7-6-14(20)10-15(16)21/h3-8,10-12H,1,9H2,2H3,(H,23,27)/t12-/m1/s1. The van der Waals surface area contributed by atoms with E-state index in [0.29, 0.717) is 23.6 Å². The fourth-order valence-corrected chi connectivity index (χ4v) is 3.27. The predicted molar refractivity (Wildman–Crippen MR) is 104 cm³/mol. The van der Waals surface area contributed by atoms with Crippen LogP contribution in [0.15, 0.2) is 60.5 Å². The summed E-state index contributed by atoms with van der Waals surface area (Å²) in [5.41, 5.74) is 0.705. The minimum atomic E-state index is -0.834. The third-order valence-electron chi connectivity index (χ3n) is 3.79. The number of thioether (sulfide) groups is 1. The van der Waals surface area contributed by atoms with Gasteiger partial charge in [-0.25, -0.2) is 8.78 Å². The number of carbonyl (C=O) groups is 1. The molecular weight excluding hydrogens is 384 g/mol. The maximum Gasteiger partial charge on any atom is 0.237 e. The number of aromatic nitrogens is 4. The van der Waals surface area contributed by atoms with Crippen LogP contribution >= 0.6 is 11.8 Å². The number of nitrogens with zero attached hydrogens (tertiary/aromatic N) is 4. The van der Waals surface area contributed by atoms with Crippen LogP contribution in [0.5, 0.6) is 0 Å². The molecule has 0 aliphatic carbocycles. The molecule has 0 saturated carbocycles. The normalized spacial score (nSPS) is 11.8. The van der Waals surface area contributed by atoms with Crippen molar-refractivity contribution in [2.24, 2.45) is 0 Å². The molecule has 9 heteroatoms. The molecule has 1 N–H and O–H groups in total. The summed E-state index contributed by atoms with van der Waals surface area (Å²) < 4.78 is 28.6. The number of amides is 1. The average Bonchev–Trinajstić information content (AvgIpc) is 3.07. The molecule has 0 unspecified atom stereocenters. The summed E-state index contributed by atoms with van der Waals surface area (Å²) in [5.74, 6) is -1.38. The maximum atomic E-state index is 13.8. The monoisotopic (exact) mass is 401 g/mol. The van der Waals surface area contributed by atoms with E-state index in [1.54, 1.807) is 31.5 Å². The lowest BCUT2D eigenvalue weighted by Gasteiger charge is -2.13. The Morgan fingerprint density at radius 2 is 2.18 bits per heavy atom. The van der Waals surface area contributed by atoms with Gasteiger partial charge in [-0.1, -0.05) is 17.8 Å². The van der Waals surface area contributed by atoms with Gasteiger partial charge in [0.1, 0.15) is 11.6 Å². The van der Waals surface area contributed by atoms with Gasteiger partial charge in [-0.2, -0.15) is 0 Å². The van der Waals surface area contributed by atoms with Gasteiger partial charge in [0.15, 0.2) is 11.0 Å². The number of nitrogens with one attached hydrogen (secondary N) is 1. The zero-order valence-electron chi connectivity index (χ0n) is 15.0. The topological polar surface area (TPSA) is 72.7 Å². The molecule has 2 heterocycles. The molecule has 0 bridgehead atoms. The van der Waals surface area contributed by atoms with Crippen LogP contribution in [0.4, 0.5) is 14.5 Å². The molecular formula is C19H17F2N5OS. The molecule has 1 amide bonds. The molecule has 3 aromatic rings. The Balaban J connectivity index is 1.78. The Kier molecular flexibility index (Phi) is 6.15. The largest absolute Gasteiger partial charge is 0.323 e. The predicted octanol–water partition coefficient (Wildman–Crippen LogP) is 3.92. The first-order valence-electron chi connectivity index (χ1n) is 8.36. The molecule has 0 fully saturated rings. The van der Waals surface area contributed by atoms with Crippen LogP contribution < -0.4 is 5.32 Å². The van der Waals surface area contributed by atoms with E-state index < -0.39 is 22.8 Å². The Morgan fingerprint density at radius 3 is 2.86 bits per heavy atom. The second kappa shape index (κ2) is 8.75. The molecule has 144 valence electrons. The van der Waals surface area contributed by atoms with E-state index in [2.05, 4.69) is 27.1 Å². The van der Waals surface area contributed by atoms with Crippen LogP contribution in [0, 0.1) is 11.6 Å². The van der Waals surface area contributed by atoms with Crippen LogP contribution in [0.3, 0.4) is 0 Å². The van der Waals surface area contributed by atoms with E-state index in [9.17, 15) is 13.6 Å². The van der Waals surface area contributed by atoms with Crippen LogP contribution in [-0.2, 0) is 11.3 Å². The van der Waals surface area contributed by atoms with Gasteiger partial charge in [0, 0.05) is 30.6 Å². The summed E-state index contributed by atoms with van der Waals surface area (Å²) in [4.78, 5) is 16.5. The molecule has 0 aliphatic rings. The highest BCUT2D eigenvalue weighted by Crippen LogP contribution is 2.27. The quantitative estimate of drug-likeness (QED) is 0.480. The third kappa shape index (κ3) is 4.42. The molecule has 0 spiro atoms. The molecule has 28 heavy (non-hydrogen) atoms. The molecule has 1 atom stereocenters. The smallest absolute Gasteiger partial charge is 0.237 e. The van der Waals surface area contributed by atoms with Crippen molar-refractivity contribution >= 4 is 23.4 Å². The number of carbonyl (C=O) groups excluding carboxylic acids is 1. The summed E-state index contributed by atoms with van der Waals surface area (Å²) in [6, 6.07) is 6.63. The SMILES string of the molecule is C=CCn1c(S[C@H](C)C(=O)Nc2ccc(F)cc2F)nnc1-c1cccnc1. The lowest BCUT2D eigenvalue weighted by Crippen LogP contribution is -2.23. The van der Waals surface area contributed by atoms with Gasteiger partial charge in [-0.15, -0.1) is 16.8 Å². The number of benzene rings is 1. The number of allylic oxidation sites excluding steroid dienone is 1. The van der Waals surface area contributed by atoms with Crippen molar-refractivity contribution in [2.75, 3.05) is 5.32 Å².